The van der Waals surface area contributed by atoms with Crippen LogP contribution >= 0.6 is 27.3 Å². The van der Waals surface area contributed by atoms with Crippen molar-refractivity contribution in [2.45, 2.75) is 12.5 Å². The SMILES string of the molecule is CNC(Cc1sccc1Br)c1ccncc1F. The summed E-state index contributed by atoms with van der Waals surface area (Å²) in [6, 6.07) is 3.70. The molecule has 1 N–H and O–H groups in total. The number of hydrogen-bond donors (Lipinski definition) is 1. The second kappa shape index (κ2) is 5.71. The smallest absolute Gasteiger partial charge is 0.146 e. The zero-order valence-electron chi connectivity index (χ0n) is 9.28. The molecule has 2 heterocycles. The zero-order chi connectivity index (χ0) is 12.3. The van der Waals surface area contributed by atoms with Crippen LogP contribution in [-0.2, 0) is 6.42 Å². The molecule has 0 aliphatic heterocycles. The molecule has 0 fully saturated rings. The first-order chi connectivity index (χ1) is 8.22. The van der Waals surface area contributed by atoms with Gasteiger partial charge in [0.25, 0.3) is 0 Å². The minimum Gasteiger partial charge on any atom is -0.313 e. The van der Waals surface area contributed by atoms with Crippen molar-refractivity contribution in [1.29, 1.82) is 0 Å². The summed E-state index contributed by atoms with van der Waals surface area (Å²) in [6.07, 6.45) is 3.63. The van der Waals surface area contributed by atoms with Crippen molar-refractivity contribution in [3.05, 3.63) is 50.6 Å². The summed E-state index contributed by atoms with van der Waals surface area (Å²) in [5, 5.41) is 5.17. The van der Waals surface area contributed by atoms with E-state index in [-0.39, 0.29) is 11.9 Å². The molecule has 0 aliphatic rings. The summed E-state index contributed by atoms with van der Waals surface area (Å²) in [5.41, 5.74) is 0.655. The number of aromatic nitrogens is 1. The molecule has 90 valence electrons. The molecular weight excluding hydrogens is 303 g/mol. The molecule has 0 spiro atoms. The zero-order valence-corrected chi connectivity index (χ0v) is 11.7. The number of pyridine rings is 1. The molecule has 2 aromatic rings. The molecule has 0 aromatic carbocycles. The number of thiophene rings is 1. The van der Waals surface area contributed by atoms with Crippen LogP contribution in [0.5, 0.6) is 0 Å². The number of halogens is 2. The first kappa shape index (κ1) is 12.7. The maximum atomic E-state index is 13.6. The van der Waals surface area contributed by atoms with Crippen molar-refractivity contribution >= 4 is 27.3 Å². The summed E-state index contributed by atoms with van der Waals surface area (Å²) < 4.78 is 14.7. The Morgan fingerprint density at radius 2 is 2.35 bits per heavy atom. The molecule has 0 aliphatic carbocycles. The van der Waals surface area contributed by atoms with Crippen molar-refractivity contribution in [3.63, 3.8) is 0 Å². The first-order valence-corrected chi connectivity index (χ1v) is 6.88. The minimum atomic E-state index is -0.264. The van der Waals surface area contributed by atoms with E-state index >= 15 is 0 Å². The molecule has 0 bridgehead atoms. The van der Waals surface area contributed by atoms with Crippen LogP contribution in [0.1, 0.15) is 16.5 Å². The third kappa shape index (κ3) is 2.91. The number of rotatable bonds is 4. The number of nitrogens with zero attached hydrogens (tertiary/aromatic N) is 1. The van der Waals surface area contributed by atoms with Crippen molar-refractivity contribution < 1.29 is 4.39 Å². The molecule has 2 nitrogen and oxygen atoms in total. The van der Waals surface area contributed by atoms with Gasteiger partial charge in [-0.1, -0.05) is 0 Å². The van der Waals surface area contributed by atoms with Crippen LogP contribution in [0, 0.1) is 5.82 Å². The van der Waals surface area contributed by atoms with Gasteiger partial charge in [-0.15, -0.1) is 11.3 Å². The van der Waals surface area contributed by atoms with Gasteiger partial charge in [-0.3, -0.25) is 4.98 Å². The molecular formula is C12H12BrFN2S. The Bertz CT molecular complexity index is 501. The van der Waals surface area contributed by atoms with Crippen LogP contribution in [-0.4, -0.2) is 12.0 Å². The highest BCUT2D eigenvalue weighted by atomic mass is 79.9. The fourth-order valence-electron chi connectivity index (χ4n) is 1.69. The van der Waals surface area contributed by atoms with Crippen molar-refractivity contribution in [3.8, 4) is 0 Å². The lowest BCUT2D eigenvalue weighted by molar-refractivity contribution is 0.532. The highest BCUT2D eigenvalue weighted by Crippen LogP contribution is 2.28. The third-order valence-electron chi connectivity index (χ3n) is 2.61. The van der Waals surface area contributed by atoms with Gasteiger partial charge in [-0.2, -0.15) is 0 Å². The van der Waals surface area contributed by atoms with Crippen molar-refractivity contribution in [1.82, 2.24) is 10.3 Å². The summed E-state index contributed by atoms with van der Waals surface area (Å²) in [5.74, 6) is -0.264. The van der Waals surface area contributed by atoms with E-state index in [9.17, 15) is 4.39 Å². The molecule has 2 aromatic heterocycles. The Kier molecular flexibility index (Phi) is 4.25. The predicted molar refractivity (Wildman–Crippen MR) is 71.7 cm³/mol. The van der Waals surface area contributed by atoms with Crippen LogP contribution in [0.3, 0.4) is 0 Å². The summed E-state index contributed by atoms with van der Waals surface area (Å²) in [7, 11) is 1.84. The van der Waals surface area contributed by atoms with Gasteiger partial charge < -0.3 is 5.32 Å². The molecule has 0 saturated heterocycles. The molecule has 0 saturated carbocycles. The second-order valence-corrected chi connectivity index (χ2v) is 5.49. The monoisotopic (exact) mass is 314 g/mol. The van der Waals surface area contributed by atoms with E-state index in [0.717, 1.165) is 10.9 Å². The number of nitrogens with one attached hydrogen (secondary N) is 1. The first-order valence-electron chi connectivity index (χ1n) is 5.21. The lowest BCUT2D eigenvalue weighted by Crippen LogP contribution is -2.19. The van der Waals surface area contributed by atoms with Gasteiger partial charge in [0.05, 0.1) is 6.20 Å². The summed E-state index contributed by atoms with van der Waals surface area (Å²) in [6.45, 7) is 0. The highest BCUT2D eigenvalue weighted by molar-refractivity contribution is 9.10. The van der Waals surface area contributed by atoms with Gasteiger partial charge in [0.15, 0.2) is 0 Å². The standard InChI is InChI=1S/C12H12BrFN2S/c1-15-11(6-12-9(13)3-5-17-12)8-2-4-16-7-10(8)14/h2-5,7,11,15H,6H2,1H3. The second-order valence-electron chi connectivity index (χ2n) is 3.63. The molecule has 17 heavy (non-hydrogen) atoms. The average molecular weight is 315 g/mol. The summed E-state index contributed by atoms with van der Waals surface area (Å²) >= 11 is 5.16. The van der Waals surface area contributed by atoms with Crippen LogP contribution in [0.2, 0.25) is 0 Å². The minimum absolute atomic E-state index is 0.0343. The molecule has 1 unspecified atom stereocenters. The maximum Gasteiger partial charge on any atom is 0.146 e. The van der Waals surface area contributed by atoms with E-state index < -0.39 is 0 Å². The van der Waals surface area contributed by atoms with Crippen LogP contribution in [0.25, 0.3) is 0 Å². The lowest BCUT2D eigenvalue weighted by Gasteiger charge is -2.16. The fraction of sp³-hybridized carbons (Fsp3) is 0.250. The van der Waals surface area contributed by atoms with Gasteiger partial charge in [-0.25, -0.2) is 4.39 Å². The topological polar surface area (TPSA) is 24.9 Å². The molecule has 1 atom stereocenters. The van der Waals surface area contributed by atoms with E-state index in [0.29, 0.717) is 5.56 Å². The van der Waals surface area contributed by atoms with E-state index in [1.54, 1.807) is 23.6 Å². The Morgan fingerprint density at radius 1 is 1.53 bits per heavy atom. The normalized spacial score (nSPS) is 12.6. The van der Waals surface area contributed by atoms with Crippen LogP contribution in [0.4, 0.5) is 4.39 Å². The molecule has 0 amide bonds. The molecule has 0 radical (unpaired) electrons. The summed E-state index contributed by atoms with van der Waals surface area (Å²) in [4.78, 5) is 4.98. The Balaban J connectivity index is 2.23. The largest absolute Gasteiger partial charge is 0.313 e. The van der Waals surface area contributed by atoms with Gasteiger partial charge in [0.2, 0.25) is 0 Å². The Morgan fingerprint density at radius 3 is 2.94 bits per heavy atom. The van der Waals surface area contributed by atoms with Crippen molar-refractivity contribution in [2.75, 3.05) is 7.05 Å². The molecule has 2 rings (SSSR count). The van der Waals surface area contributed by atoms with Crippen molar-refractivity contribution in [2.24, 2.45) is 0 Å². The fourth-order valence-corrected chi connectivity index (χ4v) is 3.25. The third-order valence-corrected chi connectivity index (χ3v) is 4.56. The van der Waals surface area contributed by atoms with E-state index in [4.69, 9.17) is 0 Å². The van der Waals surface area contributed by atoms with Gasteiger partial charge in [0.1, 0.15) is 5.82 Å². The number of hydrogen-bond acceptors (Lipinski definition) is 3. The Labute approximate surface area is 112 Å². The van der Waals surface area contributed by atoms with E-state index in [1.807, 2.05) is 18.5 Å². The van der Waals surface area contributed by atoms with Gasteiger partial charge in [0, 0.05) is 33.6 Å². The van der Waals surface area contributed by atoms with Crippen LogP contribution < -0.4 is 5.32 Å². The Hall–Kier alpha value is -0.780. The lowest BCUT2D eigenvalue weighted by atomic mass is 10.0. The van der Waals surface area contributed by atoms with E-state index in [2.05, 4.69) is 26.2 Å². The number of likely N-dealkylation sites (N-methyl/N-ethyl adjacent to an activating group) is 1. The maximum absolute atomic E-state index is 13.6. The predicted octanol–water partition coefficient (Wildman–Crippen LogP) is 3.55. The van der Waals surface area contributed by atoms with Gasteiger partial charge in [-0.05, 0) is 40.5 Å². The average Bonchev–Trinajstić information content (AvgIpc) is 2.73. The van der Waals surface area contributed by atoms with Crippen LogP contribution in [0.15, 0.2) is 34.4 Å². The molecule has 5 heteroatoms. The quantitative estimate of drug-likeness (QED) is 0.933. The van der Waals surface area contributed by atoms with E-state index in [1.165, 1.54) is 11.1 Å². The van der Waals surface area contributed by atoms with Gasteiger partial charge >= 0.3 is 0 Å². The highest BCUT2D eigenvalue weighted by Gasteiger charge is 2.16.